The van der Waals surface area contributed by atoms with Crippen molar-refractivity contribution in [3.8, 4) is 0 Å². The van der Waals surface area contributed by atoms with Crippen LogP contribution in [-0.4, -0.2) is 27.5 Å². The van der Waals surface area contributed by atoms with Crippen LogP contribution in [0.15, 0.2) is 6.20 Å². The standard InChI is InChI=1S/C11H17N5O2/c1-7-4-3-5-15(8(7)2)10-9(16(17)18)6-13-11(12)14-10/h6-8H,3-5H2,1-2H3,(H2,12,13,14). The van der Waals surface area contributed by atoms with Crippen molar-refractivity contribution >= 4 is 17.5 Å². The van der Waals surface area contributed by atoms with Crippen molar-refractivity contribution in [2.24, 2.45) is 5.92 Å². The first-order valence-corrected chi connectivity index (χ1v) is 6.04. The number of nitrogens with zero attached hydrogens (tertiary/aromatic N) is 4. The zero-order chi connectivity index (χ0) is 13.3. The Kier molecular flexibility index (Phi) is 3.31. The number of nitrogen functional groups attached to an aromatic ring is 1. The number of piperidine rings is 1. The van der Waals surface area contributed by atoms with Gasteiger partial charge >= 0.3 is 5.69 Å². The van der Waals surface area contributed by atoms with Crippen LogP contribution in [0.25, 0.3) is 0 Å². The van der Waals surface area contributed by atoms with Crippen LogP contribution in [0.3, 0.4) is 0 Å². The summed E-state index contributed by atoms with van der Waals surface area (Å²) in [5.41, 5.74) is 5.46. The Morgan fingerprint density at radius 2 is 2.28 bits per heavy atom. The minimum atomic E-state index is -0.458. The van der Waals surface area contributed by atoms with Gasteiger partial charge in [0.2, 0.25) is 11.8 Å². The van der Waals surface area contributed by atoms with Gasteiger partial charge in [0.15, 0.2) is 0 Å². The molecule has 0 aliphatic carbocycles. The fourth-order valence-corrected chi connectivity index (χ4v) is 2.35. The van der Waals surface area contributed by atoms with Crippen molar-refractivity contribution in [2.45, 2.75) is 32.7 Å². The third-order valence-electron chi connectivity index (χ3n) is 3.61. The SMILES string of the molecule is CC1CCCN(c2nc(N)ncc2[N+](=O)[O-])C1C. The molecule has 2 heterocycles. The third kappa shape index (κ3) is 2.20. The molecule has 98 valence electrons. The van der Waals surface area contributed by atoms with Crippen LogP contribution in [0.1, 0.15) is 26.7 Å². The number of hydrogen-bond donors (Lipinski definition) is 1. The molecule has 1 saturated heterocycles. The molecule has 0 amide bonds. The van der Waals surface area contributed by atoms with Gasteiger partial charge in [0, 0.05) is 12.6 Å². The van der Waals surface area contributed by atoms with Gasteiger partial charge in [-0.15, -0.1) is 0 Å². The van der Waals surface area contributed by atoms with E-state index in [-0.39, 0.29) is 17.7 Å². The maximum absolute atomic E-state index is 11.0. The second-order valence-electron chi connectivity index (χ2n) is 4.75. The summed E-state index contributed by atoms with van der Waals surface area (Å²) in [4.78, 5) is 20.3. The molecule has 1 aliphatic heterocycles. The fourth-order valence-electron chi connectivity index (χ4n) is 2.35. The average molecular weight is 251 g/mol. The summed E-state index contributed by atoms with van der Waals surface area (Å²) in [6.45, 7) is 4.97. The van der Waals surface area contributed by atoms with Gasteiger partial charge in [0.25, 0.3) is 0 Å². The van der Waals surface area contributed by atoms with Crippen molar-refractivity contribution in [3.63, 3.8) is 0 Å². The summed E-state index contributed by atoms with van der Waals surface area (Å²) in [6.07, 6.45) is 3.32. The number of nitrogens with two attached hydrogens (primary N) is 1. The number of aromatic nitrogens is 2. The van der Waals surface area contributed by atoms with E-state index in [2.05, 4.69) is 23.8 Å². The lowest BCUT2D eigenvalue weighted by molar-refractivity contribution is -0.384. The van der Waals surface area contributed by atoms with Crippen LogP contribution < -0.4 is 10.6 Å². The van der Waals surface area contributed by atoms with E-state index in [1.54, 1.807) is 0 Å². The van der Waals surface area contributed by atoms with Gasteiger partial charge in [-0.25, -0.2) is 4.98 Å². The van der Waals surface area contributed by atoms with Gasteiger partial charge in [0.1, 0.15) is 6.20 Å². The van der Waals surface area contributed by atoms with Crippen molar-refractivity contribution in [1.82, 2.24) is 9.97 Å². The number of rotatable bonds is 2. The van der Waals surface area contributed by atoms with E-state index < -0.39 is 4.92 Å². The van der Waals surface area contributed by atoms with Crippen LogP contribution in [-0.2, 0) is 0 Å². The second-order valence-corrected chi connectivity index (χ2v) is 4.75. The zero-order valence-electron chi connectivity index (χ0n) is 10.5. The Balaban J connectivity index is 2.42. The third-order valence-corrected chi connectivity index (χ3v) is 3.61. The van der Waals surface area contributed by atoms with E-state index in [0.29, 0.717) is 11.7 Å². The predicted molar refractivity (Wildman–Crippen MR) is 68.3 cm³/mol. The summed E-state index contributed by atoms with van der Waals surface area (Å²) in [5, 5.41) is 11.0. The zero-order valence-corrected chi connectivity index (χ0v) is 10.5. The van der Waals surface area contributed by atoms with Gasteiger partial charge < -0.3 is 10.6 Å². The van der Waals surface area contributed by atoms with E-state index in [4.69, 9.17) is 5.73 Å². The highest BCUT2D eigenvalue weighted by atomic mass is 16.6. The van der Waals surface area contributed by atoms with Crippen LogP contribution in [0.2, 0.25) is 0 Å². The quantitative estimate of drug-likeness (QED) is 0.633. The van der Waals surface area contributed by atoms with E-state index >= 15 is 0 Å². The number of hydrogen-bond acceptors (Lipinski definition) is 6. The summed E-state index contributed by atoms with van der Waals surface area (Å²) in [6, 6.07) is 0.215. The Hall–Kier alpha value is -1.92. The molecule has 0 aromatic carbocycles. The van der Waals surface area contributed by atoms with Crippen LogP contribution >= 0.6 is 0 Å². The Bertz CT molecular complexity index is 465. The lowest BCUT2D eigenvalue weighted by Crippen LogP contribution is -2.43. The number of anilines is 2. The van der Waals surface area contributed by atoms with Crippen molar-refractivity contribution in [2.75, 3.05) is 17.2 Å². The molecule has 2 N–H and O–H groups in total. The summed E-state index contributed by atoms with van der Waals surface area (Å²) in [7, 11) is 0. The van der Waals surface area contributed by atoms with Gasteiger partial charge in [-0.3, -0.25) is 10.1 Å². The maximum Gasteiger partial charge on any atom is 0.329 e. The molecule has 2 unspecified atom stereocenters. The first kappa shape index (κ1) is 12.5. The summed E-state index contributed by atoms with van der Waals surface area (Å²) >= 11 is 0. The van der Waals surface area contributed by atoms with Gasteiger partial charge in [-0.1, -0.05) is 6.92 Å². The lowest BCUT2D eigenvalue weighted by Gasteiger charge is -2.38. The molecule has 1 aromatic heterocycles. The summed E-state index contributed by atoms with van der Waals surface area (Å²) < 4.78 is 0. The molecular formula is C11H17N5O2. The smallest absolute Gasteiger partial charge is 0.329 e. The molecule has 2 rings (SSSR count). The molecular weight excluding hydrogens is 234 g/mol. The molecule has 1 fully saturated rings. The molecule has 0 bridgehead atoms. The lowest BCUT2D eigenvalue weighted by atomic mass is 9.92. The topological polar surface area (TPSA) is 98.2 Å². The van der Waals surface area contributed by atoms with Crippen molar-refractivity contribution in [3.05, 3.63) is 16.3 Å². The summed E-state index contributed by atoms with van der Waals surface area (Å²) in [5.74, 6) is 0.891. The highest BCUT2D eigenvalue weighted by molar-refractivity contribution is 5.59. The predicted octanol–water partition coefficient (Wildman–Crippen LogP) is 1.59. The molecule has 0 saturated carbocycles. The average Bonchev–Trinajstić information content (AvgIpc) is 2.32. The molecule has 0 spiro atoms. The van der Waals surface area contributed by atoms with Crippen LogP contribution in [0.4, 0.5) is 17.5 Å². The van der Waals surface area contributed by atoms with Crippen molar-refractivity contribution in [1.29, 1.82) is 0 Å². The molecule has 1 aromatic rings. The molecule has 18 heavy (non-hydrogen) atoms. The molecule has 0 radical (unpaired) electrons. The molecule has 2 atom stereocenters. The van der Waals surface area contributed by atoms with Gasteiger partial charge in [-0.05, 0) is 25.7 Å². The van der Waals surface area contributed by atoms with E-state index in [0.717, 1.165) is 19.4 Å². The first-order chi connectivity index (χ1) is 8.50. The van der Waals surface area contributed by atoms with E-state index in [1.165, 1.54) is 6.20 Å². The van der Waals surface area contributed by atoms with Gasteiger partial charge in [-0.2, -0.15) is 4.98 Å². The normalized spacial score (nSPS) is 24.0. The Labute approximate surface area is 105 Å². The Morgan fingerprint density at radius 3 is 2.94 bits per heavy atom. The maximum atomic E-state index is 11.0. The largest absolute Gasteiger partial charge is 0.368 e. The monoisotopic (exact) mass is 251 g/mol. The molecule has 7 nitrogen and oxygen atoms in total. The second kappa shape index (κ2) is 4.75. The van der Waals surface area contributed by atoms with E-state index in [9.17, 15) is 10.1 Å². The highest BCUT2D eigenvalue weighted by Gasteiger charge is 2.31. The van der Waals surface area contributed by atoms with Crippen LogP contribution in [0, 0.1) is 16.0 Å². The fraction of sp³-hybridized carbons (Fsp3) is 0.636. The van der Waals surface area contributed by atoms with Crippen molar-refractivity contribution < 1.29 is 4.92 Å². The number of nitro groups is 1. The van der Waals surface area contributed by atoms with Crippen LogP contribution in [0.5, 0.6) is 0 Å². The minimum Gasteiger partial charge on any atom is -0.368 e. The van der Waals surface area contributed by atoms with E-state index in [1.807, 2.05) is 4.90 Å². The minimum absolute atomic E-state index is 0.0704. The molecule has 7 heteroatoms. The first-order valence-electron chi connectivity index (χ1n) is 6.04. The Morgan fingerprint density at radius 1 is 1.56 bits per heavy atom. The molecule has 1 aliphatic rings. The van der Waals surface area contributed by atoms with Gasteiger partial charge in [0.05, 0.1) is 4.92 Å². The highest BCUT2D eigenvalue weighted by Crippen LogP contribution is 2.32.